The molecule has 2 atom stereocenters. The molecule has 0 aliphatic carbocycles. The first kappa shape index (κ1) is 11.9. The van der Waals surface area contributed by atoms with Crippen molar-refractivity contribution in [2.75, 3.05) is 11.9 Å². The minimum absolute atomic E-state index is 0.529. The molecule has 4 heteroatoms. The van der Waals surface area contributed by atoms with E-state index in [1.165, 1.54) is 11.3 Å². The van der Waals surface area contributed by atoms with Gasteiger partial charge in [0.15, 0.2) is 0 Å². The number of aliphatic carboxylic acids is 1. The lowest BCUT2D eigenvalue weighted by atomic mass is 9.94. The van der Waals surface area contributed by atoms with Gasteiger partial charge in [0.05, 0.1) is 0 Å². The van der Waals surface area contributed by atoms with Crippen molar-refractivity contribution in [2.45, 2.75) is 31.8 Å². The highest BCUT2D eigenvalue weighted by atomic mass is 16.4. The maximum Gasteiger partial charge on any atom is 0.325 e. The van der Waals surface area contributed by atoms with Gasteiger partial charge in [-0.2, -0.15) is 0 Å². The van der Waals surface area contributed by atoms with Gasteiger partial charge in [0.2, 0.25) is 0 Å². The van der Waals surface area contributed by atoms with E-state index in [0.717, 1.165) is 12.8 Å². The summed E-state index contributed by atoms with van der Waals surface area (Å²) in [6, 6.07) is 5.32. The van der Waals surface area contributed by atoms with Crippen LogP contribution < -0.4 is 10.6 Å². The van der Waals surface area contributed by atoms with Crippen LogP contribution in [0.25, 0.3) is 0 Å². The molecule has 0 bridgehead atoms. The number of nitrogens with zero attached hydrogens (tertiary/aromatic N) is 1. The Kier molecular flexibility index (Phi) is 3.07. The molecule has 1 aromatic rings. The Hall–Kier alpha value is -1.55. The number of rotatable bonds is 2. The number of benzene rings is 1. The van der Waals surface area contributed by atoms with Crippen molar-refractivity contribution in [3.63, 3.8) is 0 Å². The SMILES string of the molecule is CC1CCc2cc([C@H](N)C(=O)O)ccc2N1C. The predicted molar refractivity (Wildman–Crippen MR) is 67.2 cm³/mol. The van der Waals surface area contributed by atoms with Crippen LogP contribution in [0.1, 0.15) is 30.5 Å². The van der Waals surface area contributed by atoms with Crippen LogP contribution in [0.15, 0.2) is 18.2 Å². The minimum atomic E-state index is -0.984. The number of hydrogen-bond donors (Lipinski definition) is 2. The lowest BCUT2D eigenvalue weighted by Crippen LogP contribution is -2.33. The molecular weight excluding hydrogens is 216 g/mol. The van der Waals surface area contributed by atoms with E-state index in [-0.39, 0.29) is 0 Å². The molecule has 0 aromatic heterocycles. The molecule has 0 saturated heterocycles. The Labute approximate surface area is 101 Å². The highest BCUT2D eigenvalue weighted by Gasteiger charge is 2.22. The summed E-state index contributed by atoms with van der Waals surface area (Å²) in [6.07, 6.45) is 2.08. The predicted octanol–water partition coefficient (Wildman–Crippen LogP) is 1.54. The second-order valence-corrected chi connectivity index (χ2v) is 4.70. The van der Waals surface area contributed by atoms with Gasteiger partial charge in [0.1, 0.15) is 6.04 Å². The largest absolute Gasteiger partial charge is 0.480 e. The first-order chi connectivity index (χ1) is 8.00. The zero-order valence-corrected chi connectivity index (χ0v) is 10.2. The molecule has 1 heterocycles. The Morgan fingerprint density at radius 1 is 1.59 bits per heavy atom. The lowest BCUT2D eigenvalue weighted by Gasteiger charge is -2.34. The molecule has 0 fully saturated rings. The van der Waals surface area contributed by atoms with Crippen molar-refractivity contribution < 1.29 is 9.90 Å². The molecule has 92 valence electrons. The molecule has 0 radical (unpaired) electrons. The molecular formula is C13H18N2O2. The van der Waals surface area contributed by atoms with Gasteiger partial charge in [-0.1, -0.05) is 12.1 Å². The molecule has 1 aliphatic heterocycles. The summed E-state index contributed by atoms with van der Waals surface area (Å²) in [5, 5.41) is 8.90. The second kappa shape index (κ2) is 4.37. The monoisotopic (exact) mass is 234 g/mol. The third kappa shape index (κ3) is 2.13. The van der Waals surface area contributed by atoms with E-state index in [1.54, 1.807) is 0 Å². The van der Waals surface area contributed by atoms with Crippen LogP contribution in [0.5, 0.6) is 0 Å². The highest BCUT2D eigenvalue weighted by molar-refractivity contribution is 5.76. The number of carbonyl (C=O) groups is 1. The number of aryl methyl sites for hydroxylation is 1. The van der Waals surface area contributed by atoms with Gasteiger partial charge in [-0.3, -0.25) is 4.79 Å². The van der Waals surface area contributed by atoms with E-state index in [2.05, 4.69) is 18.9 Å². The average molecular weight is 234 g/mol. The van der Waals surface area contributed by atoms with Gasteiger partial charge in [-0.25, -0.2) is 0 Å². The number of carboxylic acids is 1. The lowest BCUT2D eigenvalue weighted by molar-refractivity contribution is -0.138. The Balaban J connectivity index is 2.35. The standard InChI is InChI=1S/C13H18N2O2/c1-8-3-4-9-7-10(12(14)13(16)17)5-6-11(9)15(8)2/h5-8,12H,3-4,14H2,1-2H3,(H,16,17)/t8?,12-/m0/s1. The van der Waals surface area contributed by atoms with Gasteiger partial charge in [0.25, 0.3) is 0 Å². The molecule has 1 aromatic carbocycles. The number of nitrogens with two attached hydrogens (primary N) is 1. The third-order valence-electron chi connectivity index (χ3n) is 3.60. The second-order valence-electron chi connectivity index (χ2n) is 4.70. The summed E-state index contributed by atoms with van der Waals surface area (Å²) in [7, 11) is 2.07. The van der Waals surface area contributed by atoms with E-state index in [9.17, 15) is 4.79 Å². The summed E-state index contributed by atoms with van der Waals surface area (Å²) >= 11 is 0. The maximum absolute atomic E-state index is 10.8. The van der Waals surface area contributed by atoms with E-state index in [4.69, 9.17) is 10.8 Å². The van der Waals surface area contributed by atoms with Crippen LogP contribution in [0, 0.1) is 0 Å². The molecule has 1 aliphatic rings. The van der Waals surface area contributed by atoms with Crippen LogP contribution in [0.2, 0.25) is 0 Å². The van der Waals surface area contributed by atoms with Gasteiger partial charge >= 0.3 is 5.97 Å². The first-order valence-corrected chi connectivity index (χ1v) is 5.84. The summed E-state index contributed by atoms with van der Waals surface area (Å²) in [6.45, 7) is 2.19. The van der Waals surface area contributed by atoms with Crippen molar-refractivity contribution >= 4 is 11.7 Å². The quantitative estimate of drug-likeness (QED) is 0.814. The zero-order valence-electron chi connectivity index (χ0n) is 10.2. The van der Waals surface area contributed by atoms with E-state index in [1.807, 2.05) is 18.2 Å². The molecule has 17 heavy (non-hydrogen) atoms. The van der Waals surface area contributed by atoms with Crippen LogP contribution in [-0.4, -0.2) is 24.2 Å². The topological polar surface area (TPSA) is 66.6 Å². The van der Waals surface area contributed by atoms with Crippen LogP contribution >= 0.6 is 0 Å². The number of carboxylic acid groups (broad SMARTS) is 1. The maximum atomic E-state index is 10.8. The molecule has 1 unspecified atom stereocenters. The average Bonchev–Trinajstić information content (AvgIpc) is 2.32. The summed E-state index contributed by atoms with van der Waals surface area (Å²) < 4.78 is 0. The van der Waals surface area contributed by atoms with E-state index in [0.29, 0.717) is 11.6 Å². The van der Waals surface area contributed by atoms with Crippen LogP contribution in [0.3, 0.4) is 0 Å². The minimum Gasteiger partial charge on any atom is -0.480 e. The van der Waals surface area contributed by atoms with Gasteiger partial charge in [0, 0.05) is 18.8 Å². The molecule has 4 nitrogen and oxygen atoms in total. The van der Waals surface area contributed by atoms with Gasteiger partial charge < -0.3 is 15.7 Å². The number of fused-ring (bicyclic) bond motifs is 1. The van der Waals surface area contributed by atoms with Crippen molar-refractivity contribution in [3.8, 4) is 0 Å². The Morgan fingerprint density at radius 3 is 2.94 bits per heavy atom. The molecule has 0 spiro atoms. The van der Waals surface area contributed by atoms with Gasteiger partial charge in [-0.05, 0) is 37.0 Å². The molecule has 0 amide bonds. The third-order valence-corrected chi connectivity index (χ3v) is 3.60. The molecule has 3 N–H and O–H groups in total. The van der Waals surface area contributed by atoms with Crippen molar-refractivity contribution in [3.05, 3.63) is 29.3 Å². The summed E-state index contributed by atoms with van der Waals surface area (Å²) in [4.78, 5) is 13.1. The van der Waals surface area contributed by atoms with Crippen molar-refractivity contribution in [2.24, 2.45) is 5.73 Å². The van der Waals surface area contributed by atoms with E-state index >= 15 is 0 Å². The van der Waals surface area contributed by atoms with E-state index < -0.39 is 12.0 Å². The smallest absolute Gasteiger partial charge is 0.325 e. The van der Waals surface area contributed by atoms with Crippen molar-refractivity contribution in [1.29, 1.82) is 0 Å². The molecule has 2 rings (SSSR count). The normalized spacial score (nSPS) is 20.9. The van der Waals surface area contributed by atoms with Gasteiger partial charge in [-0.15, -0.1) is 0 Å². The highest BCUT2D eigenvalue weighted by Crippen LogP contribution is 2.31. The fraction of sp³-hybridized carbons (Fsp3) is 0.462. The Bertz CT molecular complexity index is 445. The van der Waals surface area contributed by atoms with Crippen molar-refractivity contribution in [1.82, 2.24) is 0 Å². The zero-order chi connectivity index (χ0) is 12.6. The Morgan fingerprint density at radius 2 is 2.29 bits per heavy atom. The fourth-order valence-corrected chi connectivity index (χ4v) is 2.28. The fourth-order valence-electron chi connectivity index (χ4n) is 2.28. The van der Waals surface area contributed by atoms with Crippen LogP contribution in [0.4, 0.5) is 5.69 Å². The summed E-state index contributed by atoms with van der Waals surface area (Å²) in [5.41, 5.74) is 8.68. The number of anilines is 1. The molecule has 0 saturated carbocycles. The first-order valence-electron chi connectivity index (χ1n) is 5.84. The van der Waals surface area contributed by atoms with Crippen LogP contribution in [-0.2, 0) is 11.2 Å². The number of hydrogen-bond acceptors (Lipinski definition) is 3. The summed E-state index contributed by atoms with van der Waals surface area (Å²) in [5.74, 6) is -0.984.